The number of rotatable bonds is 1. The summed E-state index contributed by atoms with van der Waals surface area (Å²) in [5.41, 5.74) is 1.41. The van der Waals surface area contributed by atoms with Gasteiger partial charge in [-0.3, -0.25) is 0 Å². The van der Waals surface area contributed by atoms with Gasteiger partial charge in [0.2, 0.25) is 0 Å². The van der Waals surface area contributed by atoms with E-state index in [1.54, 1.807) is 0 Å². The van der Waals surface area contributed by atoms with Crippen LogP contribution in [-0.2, 0) is 4.74 Å². The number of hydrogen-bond acceptors (Lipinski definition) is 1. The van der Waals surface area contributed by atoms with Crippen LogP contribution in [0, 0.1) is 0 Å². The van der Waals surface area contributed by atoms with E-state index >= 15 is 0 Å². The first-order chi connectivity index (χ1) is 4.86. The second-order valence-corrected chi connectivity index (χ2v) is 2.57. The summed E-state index contributed by atoms with van der Waals surface area (Å²) in [7, 11) is 0. The van der Waals surface area contributed by atoms with Crippen molar-refractivity contribution in [2.45, 2.75) is 25.9 Å². The van der Waals surface area contributed by atoms with E-state index in [1.165, 1.54) is 12.0 Å². The van der Waals surface area contributed by atoms with Crippen molar-refractivity contribution >= 4 is 0 Å². The second-order valence-electron chi connectivity index (χ2n) is 2.57. The molecule has 1 unspecified atom stereocenters. The van der Waals surface area contributed by atoms with E-state index in [2.05, 4.69) is 19.6 Å². The van der Waals surface area contributed by atoms with Crippen LogP contribution in [0.15, 0.2) is 24.3 Å². The molecular weight excluding hydrogens is 124 g/mol. The van der Waals surface area contributed by atoms with Crippen molar-refractivity contribution in [2.24, 2.45) is 0 Å². The van der Waals surface area contributed by atoms with E-state index < -0.39 is 0 Å². The molecule has 0 N–H and O–H groups in total. The van der Waals surface area contributed by atoms with E-state index in [-0.39, 0.29) is 0 Å². The fourth-order valence-electron chi connectivity index (χ4n) is 1.11. The minimum absolute atomic E-state index is 0.295. The molecule has 0 aliphatic carbocycles. The Kier molecular flexibility index (Phi) is 2.69. The van der Waals surface area contributed by atoms with Gasteiger partial charge in [0.25, 0.3) is 0 Å². The van der Waals surface area contributed by atoms with E-state index in [4.69, 9.17) is 4.74 Å². The first-order valence-corrected chi connectivity index (χ1v) is 3.75. The molecule has 1 fully saturated rings. The Hall–Kier alpha value is -0.560. The molecule has 0 aromatic heterocycles. The minimum Gasteiger partial charge on any atom is -0.370 e. The van der Waals surface area contributed by atoms with Crippen LogP contribution in [0.1, 0.15) is 19.8 Å². The van der Waals surface area contributed by atoms with Crippen molar-refractivity contribution in [1.29, 1.82) is 0 Å². The van der Waals surface area contributed by atoms with Crippen LogP contribution in [0.4, 0.5) is 0 Å². The highest BCUT2D eigenvalue weighted by atomic mass is 16.5. The molecule has 1 aliphatic rings. The molecule has 0 saturated carbocycles. The molecule has 0 bridgehead atoms. The standard InChI is InChI=1S/C9H14O/c1-3-8-5-6-9(4-2)10-7-8/h3-4,9H,2,5-7H2,1H3. The molecule has 56 valence electrons. The van der Waals surface area contributed by atoms with E-state index in [9.17, 15) is 0 Å². The smallest absolute Gasteiger partial charge is 0.0760 e. The lowest BCUT2D eigenvalue weighted by atomic mass is 10.0. The van der Waals surface area contributed by atoms with E-state index in [1.807, 2.05) is 6.08 Å². The molecule has 0 aromatic rings. The molecule has 0 spiro atoms. The zero-order valence-corrected chi connectivity index (χ0v) is 6.47. The summed E-state index contributed by atoms with van der Waals surface area (Å²) in [4.78, 5) is 0. The molecule has 1 heterocycles. The molecule has 0 aromatic carbocycles. The van der Waals surface area contributed by atoms with Gasteiger partial charge in [-0.2, -0.15) is 0 Å². The molecular formula is C9H14O. The van der Waals surface area contributed by atoms with Gasteiger partial charge in [-0.05, 0) is 25.3 Å². The van der Waals surface area contributed by atoms with Crippen LogP contribution in [0.25, 0.3) is 0 Å². The van der Waals surface area contributed by atoms with Crippen molar-refractivity contribution < 1.29 is 4.74 Å². The topological polar surface area (TPSA) is 9.23 Å². The van der Waals surface area contributed by atoms with Crippen molar-refractivity contribution in [1.82, 2.24) is 0 Å². The van der Waals surface area contributed by atoms with E-state index in [0.717, 1.165) is 13.0 Å². The minimum atomic E-state index is 0.295. The molecule has 1 saturated heterocycles. The molecule has 1 heteroatoms. The monoisotopic (exact) mass is 138 g/mol. The average Bonchev–Trinajstić information content (AvgIpc) is 2.05. The number of ether oxygens (including phenoxy) is 1. The highest BCUT2D eigenvalue weighted by Crippen LogP contribution is 2.17. The van der Waals surface area contributed by atoms with Gasteiger partial charge in [0.15, 0.2) is 0 Å². The summed E-state index contributed by atoms with van der Waals surface area (Å²) in [6.07, 6.45) is 6.59. The summed E-state index contributed by atoms with van der Waals surface area (Å²) in [6, 6.07) is 0. The van der Waals surface area contributed by atoms with Gasteiger partial charge in [0.1, 0.15) is 0 Å². The van der Waals surface area contributed by atoms with Gasteiger partial charge in [-0.15, -0.1) is 6.58 Å². The summed E-state index contributed by atoms with van der Waals surface area (Å²) in [6.45, 7) is 6.55. The predicted octanol–water partition coefficient (Wildman–Crippen LogP) is 2.30. The Bertz CT molecular complexity index is 137. The van der Waals surface area contributed by atoms with E-state index in [0.29, 0.717) is 6.10 Å². The Balaban J connectivity index is 2.37. The second kappa shape index (κ2) is 3.57. The van der Waals surface area contributed by atoms with Crippen LogP contribution in [0.5, 0.6) is 0 Å². The summed E-state index contributed by atoms with van der Waals surface area (Å²) < 4.78 is 5.44. The lowest BCUT2D eigenvalue weighted by Crippen LogP contribution is -2.17. The van der Waals surface area contributed by atoms with Crippen LogP contribution in [0.2, 0.25) is 0 Å². The van der Waals surface area contributed by atoms with Gasteiger partial charge < -0.3 is 4.74 Å². The fraction of sp³-hybridized carbons (Fsp3) is 0.556. The van der Waals surface area contributed by atoms with Crippen LogP contribution >= 0.6 is 0 Å². The zero-order chi connectivity index (χ0) is 7.40. The van der Waals surface area contributed by atoms with Crippen molar-refractivity contribution in [3.8, 4) is 0 Å². The Labute approximate surface area is 62.4 Å². The first kappa shape index (κ1) is 7.55. The Morgan fingerprint density at radius 3 is 2.90 bits per heavy atom. The zero-order valence-electron chi connectivity index (χ0n) is 6.47. The summed E-state index contributed by atoms with van der Waals surface area (Å²) in [5.74, 6) is 0. The number of hydrogen-bond donors (Lipinski definition) is 0. The van der Waals surface area contributed by atoms with Gasteiger partial charge in [-0.25, -0.2) is 0 Å². The highest BCUT2D eigenvalue weighted by molar-refractivity contribution is 5.05. The Morgan fingerprint density at radius 1 is 1.70 bits per heavy atom. The highest BCUT2D eigenvalue weighted by Gasteiger charge is 2.12. The maximum Gasteiger partial charge on any atom is 0.0760 e. The van der Waals surface area contributed by atoms with Crippen LogP contribution < -0.4 is 0 Å². The predicted molar refractivity (Wildman–Crippen MR) is 42.9 cm³/mol. The quantitative estimate of drug-likeness (QED) is 0.505. The van der Waals surface area contributed by atoms with Gasteiger partial charge in [0.05, 0.1) is 12.7 Å². The lowest BCUT2D eigenvalue weighted by molar-refractivity contribution is 0.0757. The SMILES string of the molecule is C=CC1CCC(=CC)CO1. The maximum atomic E-state index is 5.44. The first-order valence-electron chi connectivity index (χ1n) is 3.75. The summed E-state index contributed by atoms with van der Waals surface area (Å²) >= 11 is 0. The van der Waals surface area contributed by atoms with Crippen LogP contribution in [0.3, 0.4) is 0 Å². The third-order valence-corrected chi connectivity index (χ3v) is 1.90. The lowest BCUT2D eigenvalue weighted by Gasteiger charge is -2.21. The summed E-state index contributed by atoms with van der Waals surface area (Å²) in [5, 5.41) is 0. The third-order valence-electron chi connectivity index (χ3n) is 1.90. The maximum absolute atomic E-state index is 5.44. The van der Waals surface area contributed by atoms with Gasteiger partial charge >= 0.3 is 0 Å². The van der Waals surface area contributed by atoms with Crippen LogP contribution in [-0.4, -0.2) is 12.7 Å². The van der Waals surface area contributed by atoms with Crippen molar-refractivity contribution in [3.05, 3.63) is 24.3 Å². The molecule has 1 aliphatic heterocycles. The third kappa shape index (κ3) is 1.71. The molecule has 0 amide bonds. The fourth-order valence-corrected chi connectivity index (χ4v) is 1.11. The largest absolute Gasteiger partial charge is 0.370 e. The molecule has 1 atom stereocenters. The van der Waals surface area contributed by atoms with Gasteiger partial charge in [-0.1, -0.05) is 12.2 Å². The molecule has 1 rings (SSSR count). The van der Waals surface area contributed by atoms with Crippen molar-refractivity contribution in [3.63, 3.8) is 0 Å². The average molecular weight is 138 g/mol. The van der Waals surface area contributed by atoms with Crippen molar-refractivity contribution in [2.75, 3.05) is 6.61 Å². The number of allylic oxidation sites excluding steroid dienone is 1. The normalized spacial score (nSPS) is 30.5. The molecule has 1 nitrogen and oxygen atoms in total. The molecule has 10 heavy (non-hydrogen) atoms. The van der Waals surface area contributed by atoms with Gasteiger partial charge in [0, 0.05) is 0 Å². The molecule has 0 radical (unpaired) electrons. The Morgan fingerprint density at radius 2 is 2.50 bits per heavy atom.